The van der Waals surface area contributed by atoms with E-state index in [4.69, 9.17) is 0 Å². The Morgan fingerprint density at radius 3 is 2.78 bits per heavy atom. The lowest BCUT2D eigenvalue weighted by atomic mass is 9.94. The summed E-state index contributed by atoms with van der Waals surface area (Å²) in [6.45, 7) is 3.35. The van der Waals surface area contributed by atoms with Gasteiger partial charge in [-0.2, -0.15) is 4.98 Å². The van der Waals surface area contributed by atoms with Crippen molar-refractivity contribution in [2.45, 2.75) is 19.4 Å². The molecule has 0 saturated carbocycles. The van der Waals surface area contributed by atoms with Crippen LogP contribution < -0.4 is 9.80 Å². The molecule has 1 saturated heterocycles. The first-order chi connectivity index (χ1) is 13.0. The fourth-order valence-corrected chi connectivity index (χ4v) is 3.76. The van der Waals surface area contributed by atoms with Gasteiger partial charge in [-0.3, -0.25) is 4.98 Å². The smallest absolute Gasteiger partial charge is 0.226 e. The lowest BCUT2D eigenvalue weighted by Crippen LogP contribution is -2.24. The van der Waals surface area contributed by atoms with Crippen LogP contribution in [-0.4, -0.2) is 53.3 Å². The molecule has 2 atom stereocenters. The molecule has 1 N–H and O–H groups in total. The summed E-state index contributed by atoms with van der Waals surface area (Å²) in [6.07, 6.45) is 2.30. The SMILES string of the molecule is Cc1cc(N2C[C@@H](Cc3ccnc4ccccc34)[C@@H](O)C2)nc(N(C)C)n1. The van der Waals surface area contributed by atoms with Gasteiger partial charge in [0.1, 0.15) is 5.82 Å². The van der Waals surface area contributed by atoms with E-state index in [0.717, 1.165) is 30.0 Å². The molecule has 1 aromatic carbocycles. The van der Waals surface area contributed by atoms with Gasteiger partial charge in [-0.1, -0.05) is 18.2 Å². The molecule has 1 fully saturated rings. The molecule has 27 heavy (non-hydrogen) atoms. The summed E-state index contributed by atoms with van der Waals surface area (Å²) >= 11 is 0. The molecule has 2 aromatic heterocycles. The van der Waals surface area contributed by atoms with Crippen LogP contribution in [0.5, 0.6) is 0 Å². The highest BCUT2D eigenvalue weighted by atomic mass is 16.3. The van der Waals surface area contributed by atoms with Crippen molar-refractivity contribution in [3.8, 4) is 0 Å². The van der Waals surface area contributed by atoms with Crippen LogP contribution in [-0.2, 0) is 6.42 Å². The Morgan fingerprint density at radius 1 is 1.15 bits per heavy atom. The maximum atomic E-state index is 10.7. The first-order valence-electron chi connectivity index (χ1n) is 9.30. The van der Waals surface area contributed by atoms with Crippen molar-refractivity contribution in [3.63, 3.8) is 0 Å². The predicted octanol–water partition coefficient (Wildman–Crippen LogP) is 2.44. The van der Waals surface area contributed by atoms with Gasteiger partial charge >= 0.3 is 0 Å². The molecule has 4 rings (SSSR count). The highest BCUT2D eigenvalue weighted by molar-refractivity contribution is 5.81. The van der Waals surface area contributed by atoms with Crippen molar-refractivity contribution in [2.75, 3.05) is 37.0 Å². The van der Waals surface area contributed by atoms with Gasteiger partial charge in [-0.05, 0) is 31.0 Å². The van der Waals surface area contributed by atoms with Gasteiger partial charge in [0, 0.05) is 56.4 Å². The zero-order chi connectivity index (χ0) is 19.0. The summed E-state index contributed by atoms with van der Waals surface area (Å²) in [7, 11) is 3.88. The summed E-state index contributed by atoms with van der Waals surface area (Å²) < 4.78 is 0. The number of rotatable bonds is 4. The number of hydrogen-bond donors (Lipinski definition) is 1. The molecule has 0 bridgehead atoms. The van der Waals surface area contributed by atoms with Gasteiger partial charge in [0.2, 0.25) is 5.95 Å². The Labute approximate surface area is 159 Å². The van der Waals surface area contributed by atoms with Crippen molar-refractivity contribution < 1.29 is 5.11 Å². The van der Waals surface area contributed by atoms with E-state index in [1.54, 1.807) is 0 Å². The zero-order valence-electron chi connectivity index (χ0n) is 16.0. The van der Waals surface area contributed by atoms with Gasteiger partial charge in [0.15, 0.2) is 0 Å². The summed E-state index contributed by atoms with van der Waals surface area (Å²) in [4.78, 5) is 17.6. The number of pyridine rings is 1. The summed E-state index contributed by atoms with van der Waals surface area (Å²) in [5.74, 6) is 1.74. The fourth-order valence-electron chi connectivity index (χ4n) is 3.76. The lowest BCUT2D eigenvalue weighted by Gasteiger charge is -2.20. The lowest BCUT2D eigenvalue weighted by molar-refractivity contribution is 0.148. The molecule has 0 amide bonds. The third-order valence-corrected chi connectivity index (χ3v) is 5.18. The van der Waals surface area contributed by atoms with Gasteiger partial charge in [-0.25, -0.2) is 4.98 Å². The van der Waals surface area contributed by atoms with E-state index in [2.05, 4.69) is 32.0 Å². The minimum absolute atomic E-state index is 0.161. The number of hydrogen-bond acceptors (Lipinski definition) is 6. The van der Waals surface area contributed by atoms with E-state index >= 15 is 0 Å². The second-order valence-electron chi connectivity index (χ2n) is 7.49. The standard InChI is InChI=1S/C21H25N5O/c1-14-10-20(24-21(23-14)25(2)3)26-12-16(19(27)13-26)11-15-8-9-22-18-7-5-4-6-17(15)18/h4-10,16,19,27H,11-13H2,1-3H3/t16-,19+/m1/s1. The number of benzene rings is 1. The monoisotopic (exact) mass is 363 g/mol. The Morgan fingerprint density at radius 2 is 1.96 bits per heavy atom. The quantitative estimate of drug-likeness (QED) is 0.768. The molecule has 6 nitrogen and oxygen atoms in total. The highest BCUT2D eigenvalue weighted by Gasteiger charge is 2.32. The Hall–Kier alpha value is -2.73. The van der Waals surface area contributed by atoms with Crippen LogP contribution in [0.25, 0.3) is 10.9 Å². The van der Waals surface area contributed by atoms with Gasteiger partial charge in [-0.15, -0.1) is 0 Å². The van der Waals surface area contributed by atoms with Crippen LogP contribution in [0, 0.1) is 12.8 Å². The molecule has 1 aliphatic heterocycles. The van der Waals surface area contributed by atoms with Crippen molar-refractivity contribution in [2.24, 2.45) is 5.92 Å². The van der Waals surface area contributed by atoms with Crippen molar-refractivity contribution in [1.82, 2.24) is 15.0 Å². The van der Waals surface area contributed by atoms with Crippen LogP contribution in [0.3, 0.4) is 0 Å². The van der Waals surface area contributed by atoms with Gasteiger partial charge in [0.05, 0.1) is 11.6 Å². The molecule has 0 radical (unpaired) electrons. The third-order valence-electron chi connectivity index (χ3n) is 5.18. The summed E-state index contributed by atoms with van der Waals surface area (Å²) in [5.41, 5.74) is 3.17. The third kappa shape index (κ3) is 3.57. The molecular weight excluding hydrogens is 338 g/mol. The molecule has 0 aliphatic carbocycles. The topological polar surface area (TPSA) is 65.4 Å². The molecule has 3 heterocycles. The molecule has 1 aliphatic rings. The van der Waals surface area contributed by atoms with Crippen molar-refractivity contribution in [3.05, 3.63) is 53.9 Å². The van der Waals surface area contributed by atoms with Crippen LogP contribution >= 0.6 is 0 Å². The Kier molecular flexibility index (Phi) is 4.66. The zero-order valence-corrected chi connectivity index (χ0v) is 16.0. The van der Waals surface area contributed by atoms with Crippen LogP contribution in [0.4, 0.5) is 11.8 Å². The van der Waals surface area contributed by atoms with E-state index in [9.17, 15) is 5.11 Å². The second-order valence-corrected chi connectivity index (χ2v) is 7.49. The van der Waals surface area contributed by atoms with Crippen LogP contribution in [0.15, 0.2) is 42.6 Å². The largest absolute Gasteiger partial charge is 0.391 e. The fraction of sp³-hybridized carbons (Fsp3) is 0.381. The number of nitrogens with zero attached hydrogens (tertiary/aromatic N) is 5. The second kappa shape index (κ2) is 7.12. The number of aromatic nitrogens is 3. The maximum absolute atomic E-state index is 10.7. The maximum Gasteiger partial charge on any atom is 0.226 e. The molecule has 0 unspecified atom stereocenters. The normalized spacial score (nSPS) is 19.6. The molecule has 140 valence electrons. The number of aliphatic hydroxyl groups excluding tert-OH is 1. The van der Waals surface area contributed by atoms with E-state index in [1.165, 1.54) is 10.9 Å². The van der Waals surface area contributed by atoms with E-state index in [0.29, 0.717) is 12.5 Å². The first kappa shape index (κ1) is 17.7. The molecular formula is C21H25N5O. The number of anilines is 2. The van der Waals surface area contributed by atoms with Gasteiger partial charge < -0.3 is 14.9 Å². The summed E-state index contributed by atoms with van der Waals surface area (Å²) in [5, 5.41) is 11.9. The Bertz CT molecular complexity index is 953. The number of para-hydroxylation sites is 1. The van der Waals surface area contributed by atoms with Crippen LogP contribution in [0.1, 0.15) is 11.3 Å². The van der Waals surface area contributed by atoms with E-state index in [1.807, 2.05) is 56.4 Å². The molecule has 0 spiro atoms. The number of aliphatic hydroxyl groups is 1. The van der Waals surface area contributed by atoms with Crippen molar-refractivity contribution in [1.29, 1.82) is 0 Å². The number of fused-ring (bicyclic) bond motifs is 1. The molecule has 6 heteroatoms. The minimum Gasteiger partial charge on any atom is -0.391 e. The average Bonchev–Trinajstić information content (AvgIpc) is 3.02. The number of aryl methyl sites for hydroxylation is 1. The van der Waals surface area contributed by atoms with Gasteiger partial charge in [0.25, 0.3) is 0 Å². The van der Waals surface area contributed by atoms with E-state index < -0.39 is 0 Å². The summed E-state index contributed by atoms with van der Waals surface area (Å²) in [6, 6.07) is 12.2. The molecule has 3 aromatic rings. The number of β-amino-alcohol motifs (C(OH)–C–C–N with tert-alkyl or cyclic N) is 1. The highest BCUT2D eigenvalue weighted by Crippen LogP contribution is 2.28. The first-order valence-corrected chi connectivity index (χ1v) is 9.30. The van der Waals surface area contributed by atoms with Crippen LogP contribution in [0.2, 0.25) is 0 Å². The van der Waals surface area contributed by atoms with E-state index in [-0.39, 0.29) is 12.0 Å². The predicted molar refractivity (Wildman–Crippen MR) is 108 cm³/mol. The minimum atomic E-state index is -0.380. The van der Waals surface area contributed by atoms with Crippen molar-refractivity contribution >= 4 is 22.7 Å². The average molecular weight is 363 g/mol. The Balaban J connectivity index is 1.57.